The average Bonchev–Trinajstić information content (AvgIpc) is 2.08. The van der Waals surface area contributed by atoms with E-state index in [-0.39, 0.29) is 17.1 Å². The van der Waals surface area contributed by atoms with Gasteiger partial charge in [0.1, 0.15) is 11.5 Å². The SMILES string of the molecule is CNC(=O)c1cc(O)ccc1O. The van der Waals surface area contributed by atoms with Gasteiger partial charge in [-0.25, -0.2) is 0 Å². The molecule has 3 N–H and O–H groups in total. The summed E-state index contributed by atoms with van der Waals surface area (Å²) in [5.41, 5.74) is 0.0671. The van der Waals surface area contributed by atoms with Crippen LogP contribution in [0.25, 0.3) is 0 Å². The third-order valence-corrected chi connectivity index (χ3v) is 1.45. The zero-order valence-corrected chi connectivity index (χ0v) is 6.53. The fourth-order valence-corrected chi connectivity index (χ4v) is 0.841. The zero-order chi connectivity index (χ0) is 9.14. The summed E-state index contributed by atoms with van der Waals surface area (Å²) >= 11 is 0. The summed E-state index contributed by atoms with van der Waals surface area (Å²) in [6.07, 6.45) is 0. The number of nitrogens with one attached hydrogen (secondary N) is 1. The molecule has 0 radical (unpaired) electrons. The van der Waals surface area contributed by atoms with Gasteiger partial charge >= 0.3 is 0 Å². The fraction of sp³-hybridized carbons (Fsp3) is 0.125. The Bertz CT molecular complexity index is 309. The molecular formula is C8H9NO3. The molecule has 0 aromatic heterocycles. The number of carbonyl (C=O) groups is 1. The van der Waals surface area contributed by atoms with Crippen LogP contribution in [0.3, 0.4) is 0 Å². The molecule has 1 amide bonds. The molecule has 0 saturated heterocycles. The predicted octanol–water partition coefficient (Wildman–Crippen LogP) is 0.457. The second kappa shape index (κ2) is 3.13. The summed E-state index contributed by atoms with van der Waals surface area (Å²) in [6.45, 7) is 0. The van der Waals surface area contributed by atoms with E-state index in [1.807, 2.05) is 0 Å². The van der Waals surface area contributed by atoms with Gasteiger partial charge in [0.2, 0.25) is 0 Å². The number of aromatic hydroxyl groups is 2. The Morgan fingerprint density at radius 3 is 2.67 bits per heavy atom. The molecule has 1 aromatic rings. The van der Waals surface area contributed by atoms with Crippen LogP contribution in [0.1, 0.15) is 10.4 Å². The molecule has 0 spiro atoms. The summed E-state index contributed by atoms with van der Waals surface area (Å²) < 4.78 is 0. The van der Waals surface area contributed by atoms with Crippen LogP contribution in [0.15, 0.2) is 18.2 Å². The van der Waals surface area contributed by atoms with Gasteiger partial charge in [-0.3, -0.25) is 4.79 Å². The van der Waals surface area contributed by atoms with E-state index in [0.29, 0.717) is 0 Å². The maximum Gasteiger partial charge on any atom is 0.254 e. The van der Waals surface area contributed by atoms with Crippen LogP contribution in [0.5, 0.6) is 11.5 Å². The third-order valence-electron chi connectivity index (χ3n) is 1.45. The standard InChI is InChI=1S/C8H9NO3/c1-9-8(12)6-4-5(10)2-3-7(6)11/h2-4,10-11H,1H3,(H,9,12). The lowest BCUT2D eigenvalue weighted by Crippen LogP contribution is -2.17. The number of rotatable bonds is 1. The smallest absolute Gasteiger partial charge is 0.254 e. The zero-order valence-electron chi connectivity index (χ0n) is 6.53. The van der Waals surface area contributed by atoms with Crippen LogP contribution in [-0.4, -0.2) is 23.2 Å². The van der Waals surface area contributed by atoms with E-state index < -0.39 is 5.91 Å². The fourth-order valence-electron chi connectivity index (χ4n) is 0.841. The molecule has 0 saturated carbocycles. The number of phenols is 2. The highest BCUT2D eigenvalue weighted by molar-refractivity contribution is 5.96. The number of hydrogen-bond donors (Lipinski definition) is 3. The van der Waals surface area contributed by atoms with Crippen molar-refractivity contribution in [1.29, 1.82) is 0 Å². The van der Waals surface area contributed by atoms with Crippen molar-refractivity contribution in [2.75, 3.05) is 7.05 Å². The summed E-state index contributed by atoms with van der Waals surface area (Å²) in [4.78, 5) is 11.0. The highest BCUT2D eigenvalue weighted by Crippen LogP contribution is 2.21. The quantitative estimate of drug-likeness (QED) is 0.532. The molecule has 12 heavy (non-hydrogen) atoms. The van der Waals surface area contributed by atoms with Gasteiger partial charge in [-0.15, -0.1) is 0 Å². The molecular weight excluding hydrogens is 158 g/mol. The number of carbonyl (C=O) groups excluding carboxylic acids is 1. The van der Waals surface area contributed by atoms with Crippen molar-refractivity contribution < 1.29 is 15.0 Å². The maximum atomic E-state index is 11.0. The molecule has 0 aliphatic rings. The minimum atomic E-state index is -0.427. The van der Waals surface area contributed by atoms with Crippen molar-refractivity contribution in [3.05, 3.63) is 23.8 Å². The Balaban J connectivity index is 3.13. The van der Waals surface area contributed by atoms with Crippen molar-refractivity contribution >= 4 is 5.91 Å². The monoisotopic (exact) mass is 167 g/mol. The molecule has 64 valence electrons. The first kappa shape index (κ1) is 8.39. The molecule has 0 aliphatic heterocycles. The van der Waals surface area contributed by atoms with E-state index in [9.17, 15) is 4.79 Å². The van der Waals surface area contributed by atoms with E-state index in [0.717, 1.165) is 0 Å². The van der Waals surface area contributed by atoms with E-state index in [4.69, 9.17) is 10.2 Å². The molecule has 4 nitrogen and oxygen atoms in total. The van der Waals surface area contributed by atoms with Gasteiger partial charge < -0.3 is 15.5 Å². The van der Waals surface area contributed by atoms with Crippen molar-refractivity contribution in [2.45, 2.75) is 0 Å². The van der Waals surface area contributed by atoms with E-state index >= 15 is 0 Å². The second-order valence-corrected chi connectivity index (χ2v) is 2.28. The molecule has 0 aliphatic carbocycles. The first-order chi connectivity index (χ1) is 5.65. The lowest BCUT2D eigenvalue weighted by atomic mass is 10.2. The van der Waals surface area contributed by atoms with Crippen molar-refractivity contribution in [1.82, 2.24) is 5.32 Å². The Labute approximate surface area is 69.5 Å². The van der Waals surface area contributed by atoms with Gasteiger partial charge in [0.15, 0.2) is 0 Å². The first-order valence-electron chi connectivity index (χ1n) is 3.39. The average molecular weight is 167 g/mol. The molecule has 1 aromatic carbocycles. The van der Waals surface area contributed by atoms with Crippen molar-refractivity contribution in [2.24, 2.45) is 0 Å². The topological polar surface area (TPSA) is 69.6 Å². The van der Waals surface area contributed by atoms with Crippen LogP contribution in [0.2, 0.25) is 0 Å². The van der Waals surface area contributed by atoms with Crippen LogP contribution < -0.4 is 5.32 Å². The van der Waals surface area contributed by atoms with Crippen LogP contribution in [0, 0.1) is 0 Å². The Morgan fingerprint density at radius 2 is 2.08 bits per heavy atom. The van der Waals surface area contributed by atoms with Crippen molar-refractivity contribution in [3.63, 3.8) is 0 Å². The highest BCUT2D eigenvalue weighted by Gasteiger charge is 2.09. The summed E-state index contributed by atoms with van der Waals surface area (Å²) in [5, 5.41) is 20.5. The van der Waals surface area contributed by atoms with E-state index in [1.54, 1.807) is 0 Å². The van der Waals surface area contributed by atoms with E-state index in [2.05, 4.69) is 5.32 Å². The molecule has 0 bridgehead atoms. The molecule has 0 fully saturated rings. The summed E-state index contributed by atoms with van der Waals surface area (Å²) in [7, 11) is 1.45. The van der Waals surface area contributed by atoms with Gasteiger partial charge in [-0.2, -0.15) is 0 Å². The first-order valence-corrected chi connectivity index (χ1v) is 3.39. The van der Waals surface area contributed by atoms with Gasteiger partial charge in [0.25, 0.3) is 5.91 Å². The van der Waals surface area contributed by atoms with Crippen molar-refractivity contribution in [3.8, 4) is 11.5 Å². The normalized spacial score (nSPS) is 9.42. The highest BCUT2D eigenvalue weighted by atomic mass is 16.3. The molecule has 0 atom stereocenters. The Hall–Kier alpha value is -1.71. The summed E-state index contributed by atoms with van der Waals surface area (Å²) in [5.74, 6) is -0.623. The molecule has 0 unspecified atom stereocenters. The summed E-state index contributed by atoms with van der Waals surface area (Å²) in [6, 6.07) is 3.77. The Morgan fingerprint density at radius 1 is 1.42 bits per heavy atom. The number of phenolic OH excluding ortho intramolecular Hbond substituents is 2. The maximum absolute atomic E-state index is 11.0. The molecule has 1 rings (SSSR count). The van der Waals surface area contributed by atoms with Crippen LogP contribution in [0.4, 0.5) is 0 Å². The minimum absolute atomic E-state index is 0.0496. The van der Waals surface area contributed by atoms with Crippen LogP contribution in [-0.2, 0) is 0 Å². The number of benzene rings is 1. The Kier molecular flexibility index (Phi) is 2.19. The predicted molar refractivity (Wildman–Crippen MR) is 43.2 cm³/mol. The number of amides is 1. The number of hydrogen-bond acceptors (Lipinski definition) is 3. The minimum Gasteiger partial charge on any atom is -0.508 e. The molecule has 4 heteroatoms. The largest absolute Gasteiger partial charge is 0.508 e. The third kappa shape index (κ3) is 1.47. The molecule has 0 heterocycles. The second-order valence-electron chi connectivity index (χ2n) is 2.28. The lowest BCUT2D eigenvalue weighted by molar-refractivity contribution is 0.0960. The van der Waals surface area contributed by atoms with Crippen LogP contribution >= 0.6 is 0 Å². The van der Waals surface area contributed by atoms with E-state index in [1.165, 1.54) is 25.2 Å². The van der Waals surface area contributed by atoms with Gasteiger partial charge in [0.05, 0.1) is 5.56 Å². The lowest BCUT2D eigenvalue weighted by Gasteiger charge is -2.02. The van der Waals surface area contributed by atoms with Gasteiger partial charge in [-0.05, 0) is 18.2 Å². The van der Waals surface area contributed by atoms with Gasteiger partial charge in [0, 0.05) is 7.05 Å². The van der Waals surface area contributed by atoms with Gasteiger partial charge in [-0.1, -0.05) is 0 Å².